The Morgan fingerprint density at radius 1 is 1.42 bits per heavy atom. The molecule has 0 aromatic rings. The molecule has 1 saturated heterocycles. The van der Waals surface area contributed by atoms with E-state index in [9.17, 15) is 13.2 Å². The highest BCUT2D eigenvalue weighted by Gasteiger charge is 2.34. The molecular formula is C11H20N2O5S. The molecule has 0 amide bonds. The zero-order valence-corrected chi connectivity index (χ0v) is 11.5. The van der Waals surface area contributed by atoms with Gasteiger partial charge in [0.05, 0.1) is 12.5 Å². The first kappa shape index (κ1) is 16.1. The van der Waals surface area contributed by atoms with E-state index >= 15 is 0 Å². The Bertz CT molecular complexity index is 415. The lowest BCUT2D eigenvalue weighted by Gasteiger charge is -2.33. The van der Waals surface area contributed by atoms with E-state index in [-0.39, 0.29) is 32.8 Å². The van der Waals surface area contributed by atoms with Crippen molar-refractivity contribution in [2.75, 3.05) is 32.8 Å². The van der Waals surface area contributed by atoms with Crippen LogP contribution in [0.5, 0.6) is 0 Å². The summed E-state index contributed by atoms with van der Waals surface area (Å²) in [5, 5.41) is 17.8. The number of nitrogens with zero attached hydrogens (tertiary/aromatic N) is 2. The number of carboxylic acids is 1. The normalized spacial score (nSPS) is 18.6. The van der Waals surface area contributed by atoms with Gasteiger partial charge in [0.1, 0.15) is 0 Å². The summed E-state index contributed by atoms with van der Waals surface area (Å²) in [6, 6.07) is 0. The minimum atomic E-state index is -3.66. The molecule has 0 aromatic heterocycles. The Morgan fingerprint density at radius 2 is 2.00 bits per heavy atom. The number of carbonyl (C=O) groups is 1. The third kappa shape index (κ3) is 4.00. The summed E-state index contributed by atoms with van der Waals surface area (Å²) in [6.07, 6.45) is 2.09. The van der Waals surface area contributed by atoms with Gasteiger partial charge in [-0.2, -0.15) is 17.0 Å². The van der Waals surface area contributed by atoms with Gasteiger partial charge in [0, 0.05) is 26.2 Å². The molecule has 2 N–H and O–H groups in total. The van der Waals surface area contributed by atoms with Gasteiger partial charge in [0.2, 0.25) is 0 Å². The van der Waals surface area contributed by atoms with E-state index in [2.05, 4.69) is 6.58 Å². The molecule has 0 unspecified atom stereocenters. The number of rotatable bonds is 7. The molecule has 19 heavy (non-hydrogen) atoms. The first-order valence-electron chi connectivity index (χ1n) is 6.13. The van der Waals surface area contributed by atoms with Crippen LogP contribution >= 0.6 is 0 Å². The molecule has 0 bridgehead atoms. The Labute approximate surface area is 113 Å². The Balaban J connectivity index is 2.72. The maximum Gasteiger partial charge on any atom is 0.306 e. The fraction of sp³-hybridized carbons (Fsp3) is 0.727. The first-order valence-corrected chi connectivity index (χ1v) is 7.53. The zero-order valence-electron chi connectivity index (χ0n) is 10.7. The first-order chi connectivity index (χ1) is 8.93. The molecule has 0 radical (unpaired) electrons. The molecule has 0 aromatic carbocycles. The van der Waals surface area contributed by atoms with Gasteiger partial charge in [-0.25, -0.2) is 0 Å². The van der Waals surface area contributed by atoms with Crippen LogP contribution in [0.25, 0.3) is 0 Å². The van der Waals surface area contributed by atoms with Gasteiger partial charge in [-0.15, -0.1) is 6.58 Å². The van der Waals surface area contributed by atoms with Crippen LogP contribution in [0.2, 0.25) is 0 Å². The second kappa shape index (κ2) is 6.99. The summed E-state index contributed by atoms with van der Waals surface area (Å²) in [4.78, 5) is 10.8. The van der Waals surface area contributed by atoms with Crippen molar-refractivity contribution in [1.82, 2.24) is 8.61 Å². The lowest BCUT2D eigenvalue weighted by molar-refractivity contribution is -0.142. The predicted molar refractivity (Wildman–Crippen MR) is 69.7 cm³/mol. The molecule has 8 heteroatoms. The number of piperidine rings is 1. The van der Waals surface area contributed by atoms with Crippen LogP contribution in [0, 0.1) is 5.92 Å². The number of hydrogen-bond donors (Lipinski definition) is 2. The van der Waals surface area contributed by atoms with Crippen LogP contribution in [-0.2, 0) is 15.0 Å². The van der Waals surface area contributed by atoms with Crippen molar-refractivity contribution in [3.05, 3.63) is 12.7 Å². The Kier molecular flexibility index (Phi) is 5.92. The molecule has 1 aliphatic rings. The number of aliphatic carboxylic acids is 1. The van der Waals surface area contributed by atoms with Crippen molar-refractivity contribution in [3.63, 3.8) is 0 Å². The lowest BCUT2D eigenvalue weighted by atomic mass is 9.99. The third-order valence-corrected chi connectivity index (χ3v) is 5.14. The number of hydrogen-bond acceptors (Lipinski definition) is 4. The second-order valence-electron chi connectivity index (χ2n) is 4.39. The molecule has 1 rings (SSSR count). The average molecular weight is 292 g/mol. The smallest absolute Gasteiger partial charge is 0.306 e. The van der Waals surface area contributed by atoms with E-state index < -0.39 is 22.1 Å². The summed E-state index contributed by atoms with van der Waals surface area (Å²) < 4.78 is 27.0. The Hall–Kier alpha value is -0.960. The maximum atomic E-state index is 12.3. The van der Waals surface area contributed by atoms with Crippen molar-refractivity contribution in [2.24, 2.45) is 5.92 Å². The van der Waals surface area contributed by atoms with Gasteiger partial charge < -0.3 is 10.2 Å². The molecule has 7 nitrogen and oxygen atoms in total. The highest BCUT2D eigenvalue weighted by atomic mass is 32.2. The monoisotopic (exact) mass is 292 g/mol. The summed E-state index contributed by atoms with van der Waals surface area (Å²) >= 11 is 0. The molecule has 110 valence electrons. The second-order valence-corrected chi connectivity index (χ2v) is 6.32. The van der Waals surface area contributed by atoms with Crippen LogP contribution in [0.1, 0.15) is 12.8 Å². The molecule has 0 aliphatic carbocycles. The van der Waals surface area contributed by atoms with Gasteiger partial charge >= 0.3 is 5.97 Å². The fourth-order valence-corrected chi connectivity index (χ4v) is 3.66. The number of carboxylic acid groups (broad SMARTS) is 1. The predicted octanol–water partition coefficient (Wildman–Crippen LogP) is -0.492. The molecule has 0 saturated carbocycles. The van der Waals surface area contributed by atoms with Crippen LogP contribution in [-0.4, -0.2) is 66.0 Å². The van der Waals surface area contributed by atoms with E-state index in [0.29, 0.717) is 12.8 Å². The highest BCUT2D eigenvalue weighted by Crippen LogP contribution is 2.21. The standard InChI is InChI=1S/C11H20N2O5S/c1-2-5-12(8-9-14)19(17,18)13-6-3-10(4-7-13)11(15)16/h2,10,14H,1,3-9H2,(H,15,16). The van der Waals surface area contributed by atoms with Crippen LogP contribution in [0.4, 0.5) is 0 Å². The van der Waals surface area contributed by atoms with Crippen molar-refractivity contribution in [2.45, 2.75) is 12.8 Å². The van der Waals surface area contributed by atoms with E-state index in [1.807, 2.05) is 0 Å². The van der Waals surface area contributed by atoms with Crippen molar-refractivity contribution in [1.29, 1.82) is 0 Å². The van der Waals surface area contributed by atoms with E-state index in [0.717, 1.165) is 4.31 Å². The van der Waals surface area contributed by atoms with Crippen molar-refractivity contribution < 1.29 is 23.4 Å². The highest BCUT2D eigenvalue weighted by molar-refractivity contribution is 7.86. The van der Waals surface area contributed by atoms with E-state index in [4.69, 9.17) is 10.2 Å². The van der Waals surface area contributed by atoms with Gasteiger partial charge in [-0.1, -0.05) is 6.08 Å². The molecule has 1 fully saturated rings. The molecule has 0 atom stereocenters. The fourth-order valence-electron chi connectivity index (χ4n) is 2.05. The van der Waals surface area contributed by atoms with Gasteiger partial charge in [0.25, 0.3) is 10.2 Å². The quantitative estimate of drug-likeness (QED) is 0.617. The Morgan fingerprint density at radius 3 is 2.42 bits per heavy atom. The summed E-state index contributed by atoms with van der Waals surface area (Å²) in [5.41, 5.74) is 0. The van der Waals surface area contributed by atoms with Gasteiger partial charge in [-0.05, 0) is 12.8 Å². The van der Waals surface area contributed by atoms with Crippen LogP contribution in [0.15, 0.2) is 12.7 Å². The minimum absolute atomic E-state index is 0.00716. The average Bonchev–Trinajstić information content (AvgIpc) is 2.38. The summed E-state index contributed by atoms with van der Waals surface area (Å²) in [6.45, 7) is 3.75. The molecule has 1 heterocycles. The summed E-state index contributed by atoms with van der Waals surface area (Å²) in [7, 11) is -3.66. The topological polar surface area (TPSA) is 98.2 Å². The molecule has 1 aliphatic heterocycles. The van der Waals surface area contributed by atoms with Gasteiger partial charge in [0.15, 0.2) is 0 Å². The zero-order chi connectivity index (χ0) is 14.5. The maximum absolute atomic E-state index is 12.3. The summed E-state index contributed by atoms with van der Waals surface area (Å²) in [5.74, 6) is -1.35. The lowest BCUT2D eigenvalue weighted by Crippen LogP contribution is -2.48. The van der Waals surface area contributed by atoms with Crippen LogP contribution in [0.3, 0.4) is 0 Å². The number of aliphatic hydroxyl groups excluding tert-OH is 1. The van der Waals surface area contributed by atoms with Crippen molar-refractivity contribution in [3.8, 4) is 0 Å². The minimum Gasteiger partial charge on any atom is -0.481 e. The third-order valence-electron chi connectivity index (χ3n) is 3.14. The molecular weight excluding hydrogens is 272 g/mol. The van der Waals surface area contributed by atoms with E-state index in [1.54, 1.807) is 0 Å². The number of aliphatic hydroxyl groups is 1. The van der Waals surface area contributed by atoms with Crippen LogP contribution < -0.4 is 0 Å². The largest absolute Gasteiger partial charge is 0.481 e. The van der Waals surface area contributed by atoms with Gasteiger partial charge in [-0.3, -0.25) is 4.79 Å². The van der Waals surface area contributed by atoms with E-state index in [1.165, 1.54) is 10.4 Å². The molecule has 0 spiro atoms. The SMILES string of the molecule is C=CCN(CCO)S(=O)(=O)N1CCC(C(=O)O)CC1. The van der Waals surface area contributed by atoms with Crippen molar-refractivity contribution >= 4 is 16.2 Å².